The quantitative estimate of drug-likeness (QED) is 0.126. The Morgan fingerprint density at radius 1 is 0.667 bits per heavy atom. The van der Waals surface area contributed by atoms with E-state index >= 15 is 0 Å². The van der Waals surface area contributed by atoms with E-state index in [0.29, 0.717) is 15.4 Å². The van der Waals surface area contributed by atoms with Gasteiger partial charge in [-0.15, -0.1) is 91.7 Å². The van der Waals surface area contributed by atoms with E-state index in [9.17, 15) is 0 Å². The topological polar surface area (TPSA) is 0 Å². The predicted molar refractivity (Wildman–Crippen MR) is 164 cm³/mol. The Labute approximate surface area is 248 Å². The fourth-order valence-corrected chi connectivity index (χ4v) is 5.59. The van der Waals surface area contributed by atoms with Crippen LogP contribution in [0, 0.1) is 13.8 Å². The van der Waals surface area contributed by atoms with Crippen molar-refractivity contribution in [2.45, 2.75) is 25.4 Å². The number of rotatable bonds is 2. The molecule has 0 aliphatic carbocycles. The molecule has 0 fully saturated rings. The zero-order valence-corrected chi connectivity index (χ0v) is 28.5. The number of aryl methyl sites for hydroxylation is 2. The van der Waals surface area contributed by atoms with E-state index in [1.165, 1.54) is 53.6 Å². The molecule has 36 heavy (non-hydrogen) atoms. The minimum atomic E-state index is -0.826. The monoisotopic (exact) mass is 686 g/mol. The Balaban J connectivity index is 0.000000165. The van der Waals surface area contributed by atoms with E-state index in [0.717, 1.165) is 0 Å². The number of thiophene rings is 2. The van der Waals surface area contributed by atoms with Crippen molar-refractivity contribution in [2.75, 3.05) is 0 Å². The maximum atomic E-state index is 4.93. The first kappa shape index (κ1) is 29.6. The molecule has 0 nitrogen and oxygen atoms in total. The third kappa shape index (κ3) is 8.03. The molecule has 0 saturated heterocycles. The van der Waals surface area contributed by atoms with Crippen LogP contribution in [0.1, 0.15) is 11.1 Å². The number of benzene rings is 2. The average molecular weight is 687 g/mol. The van der Waals surface area contributed by atoms with Crippen LogP contribution >= 0.6 is 39.7 Å². The summed E-state index contributed by atoms with van der Waals surface area (Å²) in [4.78, 5) is 2.71. The summed E-state index contributed by atoms with van der Waals surface area (Å²) in [5.74, 6) is 4.50. The zero-order chi connectivity index (χ0) is 25.9. The van der Waals surface area contributed by atoms with Crippen molar-refractivity contribution in [3.63, 3.8) is 0 Å². The van der Waals surface area contributed by atoms with Crippen molar-refractivity contribution in [3.8, 4) is 20.9 Å². The molecule has 6 aromatic rings. The number of hydrogen-bond donors (Lipinski definition) is 0. The van der Waals surface area contributed by atoms with Gasteiger partial charge in [0, 0.05) is 9.75 Å². The summed E-state index contributed by atoms with van der Waals surface area (Å²) in [5, 5.41) is 9.69. The van der Waals surface area contributed by atoms with Crippen molar-refractivity contribution < 1.29 is 20.8 Å². The molecule has 2 radical (unpaired) electrons. The normalized spacial score (nSPS) is 9.94. The van der Waals surface area contributed by atoms with E-state index in [1.54, 1.807) is 22.7 Å². The van der Waals surface area contributed by atoms with Crippen molar-refractivity contribution in [1.29, 1.82) is 0 Å². The molecule has 0 N–H and O–H groups in total. The molecule has 6 heteroatoms. The van der Waals surface area contributed by atoms with Crippen molar-refractivity contribution >= 4 is 76.7 Å². The van der Waals surface area contributed by atoms with Gasteiger partial charge in [0.1, 0.15) is 0 Å². The summed E-state index contributed by atoms with van der Waals surface area (Å²) in [6.45, 7) is 4.30. The first-order chi connectivity index (χ1) is 17.5. The van der Waals surface area contributed by atoms with Gasteiger partial charge < -0.3 is 0 Å². The second-order valence-corrected chi connectivity index (χ2v) is 15.9. The van der Waals surface area contributed by atoms with E-state index in [1.807, 2.05) is 0 Å². The van der Waals surface area contributed by atoms with Crippen molar-refractivity contribution in [3.05, 3.63) is 107 Å². The Bertz CT molecular complexity index is 1340. The molecule has 0 aliphatic heterocycles. The molecular weight excluding hydrogens is 659 g/mol. The van der Waals surface area contributed by atoms with Gasteiger partial charge in [0.2, 0.25) is 0 Å². The van der Waals surface area contributed by atoms with Crippen LogP contribution in [0.15, 0.2) is 95.7 Å². The van der Waals surface area contributed by atoms with Crippen LogP contribution in [-0.4, -0.2) is 15.4 Å². The molecule has 182 valence electrons. The Morgan fingerprint density at radius 2 is 1.06 bits per heavy atom. The molecule has 2 heterocycles. The van der Waals surface area contributed by atoms with Gasteiger partial charge in [-0.1, -0.05) is 49.2 Å². The molecular formula is C30H28Cl2GeS2Zr. The molecule has 0 bridgehead atoms. The second-order valence-electron chi connectivity index (χ2n) is 8.21. The van der Waals surface area contributed by atoms with Crippen molar-refractivity contribution in [1.82, 2.24) is 0 Å². The summed E-state index contributed by atoms with van der Waals surface area (Å²) in [6.07, 6.45) is 0. The molecule has 0 atom stereocenters. The summed E-state index contributed by atoms with van der Waals surface area (Å²) in [6, 6.07) is 30.6. The van der Waals surface area contributed by atoms with E-state index in [4.69, 9.17) is 17.0 Å². The van der Waals surface area contributed by atoms with Gasteiger partial charge in [-0.3, -0.25) is 0 Å². The Kier molecular flexibility index (Phi) is 12.7. The van der Waals surface area contributed by atoms with Gasteiger partial charge >= 0.3 is 64.8 Å². The molecule has 2 aromatic heterocycles. The number of fused-ring (bicyclic) bond motifs is 2. The molecule has 4 aromatic carbocycles. The first-order valence-corrected chi connectivity index (χ1v) is 23.8. The van der Waals surface area contributed by atoms with Gasteiger partial charge in [0.25, 0.3) is 0 Å². The third-order valence-corrected chi connectivity index (χ3v) is 7.17. The SMILES string of the molecule is Cc1cc2c(-c3cccs3)cccc2[cH-]1.Cc1cc2c(-c3cccs3)cccc2[cH-]1.[CH3][Ge][CH3].[Cl][Zr+2][Cl]. The summed E-state index contributed by atoms with van der Waals surface area (Å²) < 4.78 is 0. The summed E-state index contributed by atoms with van der Waals surface area (Å²) in [7, 11) is 9.87. The van der Waals surface area contributed by atoms with Crippen LogP contribution in [0.3, 0.4) is 0 Å². The van der Waals surface area contributed by atoms with Crippen molar-refractivity contribution in [2.24, 2.45) is 0 Å². The standard InChI is InChI=1S/2C14H11S.C2H6Ge.2ClH.Zr/c2*1-10-8-11-4-2-5-12(13(11)9-10)14-6-3-7-15-14;1-3-2;;;/h2*2-9H,1H3;1-2H3;2*1H;/q2*-1;;;;+4/p-2. The Hall–Kier alpha value is -0.934. The summed E-state index contributed by atoms with van der Waals surface area (Å²) in [5.41, 5.74) is 5.40. The van der Waals surface area contributed by atoms with Crippen LogP contribution in [0.5, 0.6) is 0 Å². The van der Waals surface area contributed by atoms with E-state index < -0.39 is 20.8 Å². The zero-order valence-electron chi connectivity index (χ0n) is 20.8. The van der Waals surface area contributed by atoms with Gasteiger partial charge in [0.05, 0.1) is 0 Å². The van der Waals surface area contributed by atoms with Crippen LogP contribution in [-0.2, 0) is 20.8 Å². The number of halogens is 2. The second kappa shape index (κ2) is 15.5. The fraction of sp³-hybridized carbons (Fsp3) is 0.133. The van der Waals surface area contributed by atoms with Crippen LogP contribution < -0.4 is 0 Å². The molecule has 0 saturated carbocycles. The first-order valence-electron chi connectivity index (χ1n) is 11.5. The molecule has 0 aliphatic rings. The fourth-order valence-electron chi connectivity index (χ4n) is 4.06. The minimum absolute atomic E-state index is 0.500. The average Bonchev–Trinajstić information content (AvgIpc) is 3.66. The van der Waals surface area contributed by atoms with Gasteiger partial charge in [-0.25, -0.2) is 0 Å². The van der Waals surface area contributed by atoms with Gasteiger partial charge in [-0.05, 0) is 22.9 Å². The molecule has 6 rings (SSSR count). The van der Waals surface area contributed by atoms with E-state index in [-0.39, 0.29) is 0 Å². The number of hydrogen-bond acceptors (Lipinski definition) is 2. The summed E-state index contributed by atoms with van der Waals surface area (Å²) >= 11 is 3.27. The van der Waals surface area contributed by atoms with Crippen LogP contribution in [0.2, 0.25) is 11.5 Å². The molecule has 0 unspecified atom stereocenters. The maximum absolute atomic E-state index is 4.93. The third-order valence-electron chi connectivity index (χ3n) is 5.36. The van der Waals surface area contributed by atoms with E-state index in [2.05, 4.69) is 121 Å². The molecule has 0 amide bonds. The Morgan fingerprint density at radius 3 is 1.39 bits per heavy atom. The van der Waals surface area contributed by atoms with Crippen LogP contribution in [0.25, 0.3) is 42.4 Å². The van der Waals surface area contributed by atoms with Crippen LogP contribution in [0.4, 0.5) is 0 Å². The van der Waals surface area contributed by atoms with Gasteiger partial charge in [0.15, 0.2) is 0 Å². The predicted octanol–water partition coefficient (Wildman–Crippen LogP) is 11.4. The molecule has 0 spiro atoms. The van der Waals surface area contributed by atoms with Gasteiger partial charge in [-0.2, -0.15) is 12.1 Å².